The highest BCUT2D eigenvalue weighted by Gasteiger charge is 2.17. The predicted molar refractivity (Wildman–Crippen MR) is 78.0 cm³/mol. The van der Waals surface area contributed by atoms with Crippen LogP contribution < -0.4 is 11.1 Å². The first kappa shape index (κ1) is 14.6. The van der Waals surface area contributed by atoms with Crippen LogP contribution in [0.1, 0.15) is 27.6 Å². The van der Waals surface area contributed by atoms with Crippen molar-refractivity contribution in [1.82, 2.24) is 9.78 Å². The number of aryl methyl sites for hydroxylation is 1. The summed E-state index contributed by atoms with van der Waals surface area (Å²) in [5, 5.41) is 6.55. The third-order valence-electron chi connectivity index (χ3n) is 2.90. The van der Waals surface area contributed by atoms with E-state index in [-0.39, 0.29) is 23.6 Å². The molecule has 0 aliphatic carbocycles. The van der Waals surface area contributed by atoms with E-state index in [1.807, 2.05) is 0 Å². The number of anilines is 2. The lowest BCUT2D eigenvalue weighted by Gasteiger charge is -2.10. The monoisotopic (exact) mass is 288 g/mol. The van der Waals surface area contributed by atoms with Crippen LogP contribution >= 0.6 is 0 Å². The molecule has 2 aromatic rings. The number of para-hydroxylation sites is 1. The average molecular weight is 288 g/mol. The second kappa shape index (κ2) is 6.08. The number of rotatable bonds is 4. The number of nitrogens with zero attached hydrogens (tertiary/aromatic N) is 2. The molecule has 0 bridgehead atoms. The minimum atomic E-state index is -0.493. The highest BCUT2D eigenvalue weighted by molar-refractivity contribution is 6.10. The van der Waals surface area contributed by atoms with Crippen LogP contribution in [0.4, 0.5) is 11.5 Å². The minimum absolute atomic E-state index is 0.246. The topological polar surface area (TPSA) is 99.2 Å². The zero-order valence-corrected chi connectivity index (χ0v) is 11.8. The fraction of sp³-hybridized carbons (Fsp3) is 0.214. The number of amides is 1. The molecular formula is C14H16N4O3. The van der Waals surface area contributed by atoms with Gasteiger partial charge in [-0.15, -0.1) is 0 Å². The normalized spacial score (nSPS) is 10.2. The molecule has 0 aliphatic rings. The summed E-state index contributed by atoms with van der Waals surface area (Å²) in [5.41, 5.74) is 6.65. The van der Waals surface area contributed by atoms with Crippen LogP contribution in [0.3, 0.4) is 0 Å². The van der Waals surface area contributed by atoms with E-state index >= 15 is 0 Å². The Kier molecular flexibility index (Phi) is 4.22. The lowest BCUT2D eigenvalue weighted by molar-refractivity contribution is 0.0527. The molecule has 110 valence electrons. The zero-order chi connectivity index (χ0) is 15.4. The molecule has 0 saturated carbocycles. The number of aromatic nitrogens is 2. The van der Waals surface area contributed by atoms with Crippen LogP contribution in [0.2, 0.25) is 0 Å². The van der Waals surface area contributed by atoms with Crippen molar-refractivity contribution >= 4 is 23.4 Å². The van der Waals surface area contributed by atoms with Crippen molar-refractivity contribution in [1.29, 1.82) is 0 Å². The Bertz CT molecular complexity index is 679. The number of benzene rings is 1. The highest BCUT2D eigenvalue weighted by Crippen LogP contribution is 2.19. The van der Waals surface area contributed by atoms with E-state index in [1.54, 1.807) is 38.2 Å². The molecule has 7 nitrogen and oxygen atoms in total. The van der Waals surface area contributed by atoms with Gasteiger partial charge in [-0.05, 0) is 19.1 Å². The number of ether oxygens (including phenoxy) is 1. The molecule has 0 fully saturated rings. The van der Waals surface area contributed by atoms with Crippen molar-refractivity contribution < 1.29 is 14.3 Å². The summed E-state index contributed by atoms with van der Waals surface area (Å²) < 4.78 is 6.35. The van der Waals surface area contributed by atoms with Crippen molar-refractivity contribution in [3.05, 3.63) is 41.6 Å². The predicted octanol–water partition coefficient (Wildman–Crippen LogP) is 1.43. The Morgan fingerprint density at radius 2 is 2.05 bits per heavy atom. The van der Waals surface area contributed by atoms with E-state index in [1.165, 1.54) is 10.9 Å². The second-order valence-electron chi connectivity index (χ2n) is 4.29. The van der Waals surface area contributed by atoms with Crippen molar-refractivity contribution in [2.45, 2.75) is 6.92 Å². The fourth-order valence-corrected chi connectivity index (χ4v) is 1.79. The number of nitrogens with two attached hydrogens (primary N) is 1. The molecule has 1 amide bonds. The lowest BCUT2D eigenvalue weighted by atomic mass is 10.1. The molecule has 1 aromatic heterocycles. The number of nitrogen functional groups attached to an aromatic ring is 1. The number of carbonyl (C=O) groups is 2. The lowest BCUT2D eigenvalue weighted by Crippen LogP contribution is -2.17. The molecule has 0 radical (unpaired) electrons. The van der Waals surface area contributed by atoms with Crippen LogP contribution in [0.25, 0.3) is 0 Å². The van der Waals surface area contributed by atoms with E-state index < -0.39 is 11.9 Å². The van der Waals surface area contributed by atoms with Gasteiger partial charge >= 0.3 is 5.97 Å². The van der Waals surface area contributed by atoms with Crippen molar-refractivity contribution in [3.8, 4) is 0 Å². The molecule has 3 N–H and O–H groups in total. The van der Waals surface area contributed by atoms with Crippen LogP contribution in [-0.2, 0) is 11.8 Å². The van der Waals surface area contributed by atoms with Crippen molar-refractivity contribution in [2.75, 3.05) is 17.7 Å². The summed E-state index contributed by atoms with van der Waals surface area (Å²) in [6, 6.07) is 6.61. The SMILES string of the molecule is CCOC(=O)c1ccccc1NC(=O)c1cnn(C)c1N. The summed E-state index contributed by atoms with van der Waals surface area (Å²) in [4.78, 5) is 24.0. The van der Waals surface area contributed by atoms with Crippen LogP contribution in [0.5, 0.6) is 0 Å². The minimum Gasteiger partial charge on any atom is -0.462 e. The molecule has 1 heterocycles. The van der Waals surface area contributed by atoms with E-state index in [9.17, 15) is 9.59 Å². The van der Waals surface area contributed by atoms with Crippen molar-refractivity contribution in [2.24, 2.45) is 7.05 Å². The summed E-state index contributed by atoms with van der Waals surface area (Å²) in [5.74, 6) is -0.675. The zero-order valence-electron chi connectivity index (χ0n) is 11.8. The molecule has 0 aliphatic heterocycles. The second-order valence-corrected chi connectivity index (χ2v) is 4.29. The van der Waals surface area contributed by atoms with E-state index in [4.69, 9.17) is 10.5 Å². The number of hydrogen-bond acceptors (Lipinski definition) is 5. The third-order valence-corrected chi connectivity index (χ3v) is 2.90. The summed E-state index contributed by atoms with van der Waals surface area (Å²) in [6.45, 7) is 1.98. The number of hydrogen-bond donors (Lipinski definition) is 2. The summed E-state index contributed by atoms with van der Waals surface area (Å²) in [6.07, 6.45) is 1.37. The summed E-state index contributed by atoms with van der Waals surface area (Å²) in [7, 11) is 1.64. The molecule has 1 aromatic carbocycles. The van der Waals surface area contributed by atoms with Gasteiger partial charge < -0.3 is 15.8 Å². The van der Waals surface area contributed by atoms with Gasteiger partial charge in [0.1, 0.15) is 11.4 Å². The Labute approximate surface area is 121 Å². The molecule has 7 heteroatoms. The molecule has 0 saturated heterocycles. The average Bonchev–Trinajstić information content (AvgIpc) is 2.80. The third kappa shape index (κ3) is 3.02. The number of esters is 1. The largest absolute Gasteiger partial charge is 0.462 e. The van der Waals surface area contributed by atoms with Gasteiger partial charge in [0.15, 0.2) is 0 Å². The Morgan fingerprint density at radius 3 is 2.67 bits per heavy atom. The van der Waals surface area contributed by atoms with Crippen LogP contribution in [-0.4, -0.2) is 28.3 Å². The Balaban J connectivity index is 2.26. The van der Waals surface area contributed by atoms with Gasteiger partial charge in [-0.3, -0.25) is 9.48 Å². The molecule has 0 unspecified atom stereocenters. The first-order valence-electron chi connectivity index (χ1n) is 6.39. The fourth-order valence-electron chi connectivity index (χ4n) is 1.79. The first-order chi connectivity index (χ1) is 10.0. The molecule has 0 atom stereocenters. The maximum Gasteiger partial charge on any atom is 0.340 e. The Morgan fingerprint density at radius 1 is 1.33 bits per heavy atom. The molecular weight excluding hydrogens is 272 g/mol. The van der Waals surface area contributed by atoms with E-state index in [0.29, 0.717) is 5.69 Å². The quantitative estimate of drug-likeness (QED) is 0.829. The number of nitrogens with one attached hydrogen (secondary N) is 1. The van der Waals surface area contributed by atoms with Gasteiger partial charge in [0, 0.05) is 7.05 Å². The summed E-state index contributed by atoms with van der Waals surface area (Å²) >= 11 is 0. The van der Waals surface area contributed by atoms with E-state index in [0.717, 1.165) is 0 Å². The van der Waals surface area contributed by atoms with Gasteiger partial charge in [0.05, 0.1) is 24.1 Å². The van der Waals surface area contributed by atoms with Gasteiger partial charge in [-0.1, -0.05) is 12.1 Å². The number of carbonyl (C=O) groups excluding carboxylic acids is 2. The molecule has 21 heavy (non-hydrogen) atoms. The smallest absolute Gasteiger partial charge is 0.340 e. The van der Waals surface area contributed by atoms with E-state index in [2.05, 4.69) is 10.4 Å². The van der Waals surface area contributed by atoms with Crippen molar-refractivity contribution in [3.63, 3.8) is 0 Å². The van der Waals surface area contributed by atoms with Crippen LogP contribution in [0, 0.1) is 0 Å². The van der Waals surface area contributed by atoms with Gasteiger partial charge in [0.25, 0.3) is 5.91 Å². The van der Waals surface area contributed by atoms with Gasteiger partial charge in [-0.25, -0.2) is 4.79 Å². The molecule has 0 spiro atoms. The standard InChI is InChI=1S/C14H16N4O3/c1-3-21-14(20)9-6-4-5-7-11(9)17-13(19)10-8-16-18(2)12(10)15/h4-8H,3,15H2,1-2H3,(H,17,19). The van der Waals surface area contributed by atoms with Crippen LogP contribution in [0.15, 0.2) is 30.5 Å². The maximum atomic E-state index is 12.2. The maximum absolute atomic E-state index is 12.2. The first-order valence-corrected chi connectivity index (χ1v) is 6.39. The van der Waals surface area contributed by atoms with Gasteiger partial charge in [-0.2, -0.15) is 5.10 Å². The Hall–Kier alpha value is -2.83. The highest BCUT2D eigenvalue weighted by atomic mass is 16.5. The van der Waals surface area contributed by atoms with Gasteiger partial charge in [0.2, 0.25) is 0 Å². The molecule has 2 rings (SSSR count).